The van der Waals surface area contributed by atoms with Crippen LogP contribution < -0.4 is 0 Å². The summed E-state index contributed by atoms with van der Waals surface area (Å²) in [4.78, 5) is 37.8. The Labute approximate surface area is 348 Å². The van der Waals surface area contributed by atoms with Crippen LogP contribution in [0.1, 0.15) is 271 Å². The summed E-state index contributed by atoms with van der Waals surface area (Å²) in [5.41, 5.74) is 0. The SMILES string of the molecule is CCCCCC/C=C\CCCCCCCCCC(=O)O[C@@H](COC(=O)CCCCCCCCCCCCC)COC(=O)CCCCCCCCCCCCCC. The second kappa shape index (κ2) is 45.8. The lowest BCUT2D eigenvalue weighted by molar-refractivity contribution is -0.167. The molecule has 0 rings (SSSR count). The minimum absolute atomic E-state index is 0.0669. The molecule has 0 aliphatic carbocycles. The first-order chi connectivity index (χ1) is 27.5. The highest BCUT2D eigenvalue weighted by Gasteiger charge is 2.19. The van der Waals surface area contributed by atoms with E-state index in [-0.39, 0.29) is 31.1 Å². The van der Waals surface area contributed by atoms with E-state index in [1.54, 1.807) is 0 Å². The molecular weight excluding hydrogens is 697 g/mol. The molecule has 0 aromatic heterocycles. The first-order valence-electron chi connectivity index (χ1n) is 24.7. The molecule has 0 amide bonds. The van der Waals surface area contributed by atoms with Gasteiger partial charge in [0, 0.05) is 19.3 Å². The zero-order chi connectivity index (χ0) is 40.8. The Morgan fingerprint density at radius 2 is 0.589 bits per heavy atom. The van der Waals surface area contributed by atoms with E-state index in [0.29, 0.717) is 19.3 Å². The van der Waals surface area contributed by atoms with Crippen LogP contribution in [0.15, 0.2) is 12.2 Å². The second-order valence-electron chi connectivity index (χ2n) is 16.7. The Hall–Kier alpha value is -1.85. The quantitative estimate of drug-likeness (QED) is 0.0264. The van der Waals surface area contributed by atoms with Crippen molar-refractivity contribution in [3.8, 4) is 0 Å². The highest BCUT2D eigenvalue weighted by molar-refractivity contribution is 5.71. The predicted molar refractivity (Wildman–Crippen MR) is 238 cm³/mol. The van der Waals surface area contributed by atoms with Gasteiger partial charge in [-0.1, -0.05) is 219 Å². The van der Waals surface area contributed by atoms with Crippen molar-refractivity contribution < 1.29 is 28.6 Å². The zero-order valence-electron chi connectivity index (χ0n) is 37.7. The fourth-order valence-electron chi connectivity index (χ4n) is 7.26. The molecule has 6 nitrogen and oxygen atoms in total. The Kier molecular flexibility index (Phi) is 44.3. The monoisotopic (exact) mass is 791 g/mol. The molecule has 6 heteroatoms. The van der Waals surface area contributed by atoms with E-state index in [1.807, 2.05) is 0 Å². The van der Waals surface area contributed by atoms with Crippen molar-refractivity contribution in [1.29, 1.82) is 0 Å². The lowest BCUT2D eigenvalue weighted by atomic mass is 10.0. The van der Waals surface area contributed by atoms with Crippen molar-refractivity contribution >= 4 is 17.9 Å². The number of ether oxygens (including phenoxy) is 3. The lowest BCUT2D eigenvalue weighted by Crippen LogP contribution is -2.30. The van der Waals surface area contributed by atoms with Crippen LogP contribution in [0.2, 0.25) is 0 Å². The Balaban J connectivity index is 4.33. The summed E-state index contributed by atoms with van der Waals surface area (Å²) in [5, 5.41) is 0. The Morgan fingerprint density at radius 1 is 0.339 bits per heavy atom. The molecule has 0 spiro atoms. The molecule has 0 saturated heterocycles. The van der Waals surface area contributed by atoms with E-state index in [4.69, 9.17) is 14.2 Å². The van der Waals surface area contributed by atoms with Gasteiger partial charge in [0.1, 0.15) is 13.2 Å². The number of esters is 3. The van der Waals surface area contributed by atoms with Gasteiger partial charge in [-0.25, -0.2) is 0 Å². The molecule has 0 N–H and O–H groups in total. The minimum Gasteiger partial charge on any atom is -0.462 e. The standard InChI is InChI=1S/C50H94O6/c1-4-7-10-13-16-19-22-24-25-26-29-32-35-38-41-44-50(53)56-47(45-54-48(51)42-39-36-33-30-27-21-18-15-12-9-6-3)46-55-49(52)43-40-37-34-31-28-23-20-17-14-11-8-5-2/h19,22,47H,4-18,20-21,23-46H2,1-3H3/b22-19-/t47-/m0/s1. The van der Waals surface area contributed by atoms with Crippen LogP contribution >= 0.6 is 0 Å². The lowest BCUT2D eigenvalue weighted by Gasteiger charge is -2.18. The number of carbonyl (C=O) groups is 3. The molecule has 0 fully saturated rings. The van der Waals surface area contributed by atoms with E-state index in [0.717, 1.165) is 57.8 Å². The summed E-state index contributed by atoms with van der Waals surface area (Å²) >= 11 is 0. The number of carbonyl (C=O) groups excluding carboxylic acids is 3. The molecular formula is C50H94O6. The largest absolute Gasteiger partial charge is 0.462 e. The molecule has 1 atom stereocenters. The van der Waals surface area contributed by atoms with Crippen molar-refractivity contribution in [3.05, 3.63) is 12.2 Å². The predicted octanol–water partition coefficient (Wildman–Crippen LogP) is 15.8. The summed E-state index contributed by atoms with van der Waals surface area (Å²) in [5.74, 6) is -0.859. The first kappa shape index (κ1) is 54.2. The van der Waals surface area contributed by atoms with Crippen molar-refractivity contribution in [2.45, 2.75) is 277 Å². The van der Waals surface area contributed by atoms with Gasteiger partial charge in [0.25, 0.3) is 0 Å². The fourth-order valence-corrected chi connectivity index (χ4v) is 7.26. The molecule has 0 radical (unpaired) electrons. The molecule has 0 heterocycles. The van der Waals surface area contributed by atoms with E-state index in [2.05, 4.69) is 32.9 Å². The third kappa shape index (κ3) is 43.3. The molecule has 0 aliphatic heterocycles. The maximum absolute atomic E-state index is 12.7. The van der Waals surface area contributed by atoms with E-state index in [1.165, 1.54) is 173 Å². The van der Waals surface area contributed by atoms with Gasteiger partial charge < -0.3 is 14.2 Å². The van der Waals surface area contributed by atoms with Crippen LogP contribution in [-0.4, -0.2) is 37.2 Å². The van der Waals surface area contributed by atoms with Crippen LogP contribution in [0.5, 0.6) is 0 Å². The average molecular weight is 791 g/mol. The zero-order valence-corrected chi connectivity index (χ0v) is 37.7. The fraction of sp³-hybridized carbons (Fsp3) is 0.900. The minimum atomic E-state index is -0.764. The number of hydrogen-bond donors (Lipinski definition) is 0. The normalized spacial score (nSPS) is 12.0. The number of hydrogen-bond acceptors (Lipinski definition) is 6. The van der Waals surface area contributed by atoms with Gasteiger partial charge in [-0.05, 0) is 44.9 Å². The van der Waals surface area contributed by atoms with Gasteiger partial charge in [-0.15, -0.1) is 0 Å². The number of allylic oxidation sites excluding steroid dienone is 2. The van der Waals surface area contributed by atoms with Gasteiger partial charge in [0.2, 0.25) is 0 Å². The number of rotatable bonds is 45. The van der Waals surface area contributed by atoms with E-state index < -0.39 is 6.10 Å². The maximum Gasteiger partial charge on any atom is 0.306 e. The van der Waals surface area contributed by atoms with Gasteiger partial charge in [0.05, 0.1) is 0 Å². The van der Waals surface area contributed by atoms with Crippen molar-refractivity contribution in [1.82, 2.24) is 0 Å². The molecule has 0 aromatic carbocycles. The summed E-state index contributed by atoms with van der Waals surface area (Å²) in [6.45, 7) is 6.63. The van der Waals surface area contributed by atoms with E-state index >= 15 is 0 Å². The molecule has 0 saturated carbocycles. The molecule has 0 bridgehead atoms. The highest BCUT2D eigenvalue weighted by Crippen LogP contribution is 2.16. The Bertz CT molecular complexity index is 870. The molecule has 0 unspecified atom stereocenters. The van der Waals surface area contributed by atoms with Gasteiger partial charge in [0.15, 0.2) is 6.10 Å². The number of unbranched alkanes of at least 4 members (excludes halogenated alkanes) is 32. The smallest absolute Gasteiger partial charge is 0.306 e. The topological polar surface area (TPSA) is 78.9 Å². The summed E-state index contributed by atoms with van der Waals surface area (Å²) in [6.07, 6.45) is 49.0. The van der Waals surface area contributed by atoms with Crippen molar-refractivity contribution in [2.24, 2.45) is 0 Å². The van der Waals surface area contributed by atoms with Crippen molar-refractivity contribution in [2.75, 3.05) is 13.2 Å². The average Bonchev–Trinajstić information content (AvgIpc) is 3.19. The van der Waals surface area contributed by atoms with E-state index in [9.17, 15) is 14.4 Å². The van der Waals surface area contributed by atoms with Crippen LogP contribution in [0.25, 0.3) is 0 Å². The summed E-state index contributed by atoms with van der Waals surface area (Å²) in [6, 6.07) is 0. The molecule has 56 heavy (non-hydrogen) atoms. The van der Waals surface area contributed by atoms with Gasteiger partial charge in [-0.3, -0.25) is 14.4 Å². The first-order valence-corrected chi connectivity index (χ1v) is 24.7. The Morgan fingerprint density at radius 3 is 0.911 bits per heavy atom. The van der Waals surface area contributed by atoms with Crippen LogP contribution in [-0.2, 0) is 28.6 Å². The van der Waals surface area contributed by atoms with Gasteiger partial charge >= 0.3 is 17.9 Å². The maximum atomic E-state index is 12.7. The third-order valence-electron chi connectivity index (χ3n) is 11.0. The molecule has 0 aromatic rings. The van der Waals surface area contributed by atoms with Crippen LogP contribution in [0.3, 0.4) is 0 Å². The van der Waals surface area contributed by atoms with Crippen LogP contribution in [0, 0.1) is 0 Å². The molecule has 0 aliphatic rings. The highest BCUT2D eigenvalue weighted by atomic mass is 16.6. The molecule has 330 valence electrons. The van der Waals surface area contributed by atoms with Gasteiger partial charge in [-0.2, -0.15) is 0 Å². The third-order valence-corrected chi connectivity index (χ3v) is 11.0. The summed E-state index contributed by atoms with van der Waals surface area (Å²) in [7, 11) is 0. The second-order valence-corrected chi connectivity index (χ2v) is 16.7. The summed E-state index contributed by atoms with van der Waals surface area (Å²) < 4.78 is 16.8. The van der Waals surface area contributed by atoms with Crippen molar-refractivity contribution in [3.63, 3.8) is 0 Å². The van der Waals surface area contributed by atoms with Crippen LogP contribution in [0.4, 0.5) is 0 Å².